The number of Topliss-reactive ketones (excluding diaryl/α,β-unsaturated/α-hetero) is 1. The Kier molecular flexibility index (Phi) is 30.2. The summed E-state index contributed by atoms with van der Waals surface area (Å²) in [4.78, 5) is 91.7. The number of carbonyl (C=O) groups excluding carboxylic acids is 6. The Morgan fingerprint density at radius 3 is 1.57 bits per heavy atom. The first-order chi connectivity index (χ1) is 37.6. The highest BCUT2D eigenvalue weighted by molar-refractivity contribution is 6.01. The van der Waals surface area contributed by atoms with E-state index in [4.69, 9.17) is 33.7 Å². The second kappa shape index (κ2) is 34.5. The Balaban J connectivity index is 0.000000273. The van der Waals surface area contributed by atoms with Crippen LogP contribution in [0, 0.1) is 33.5 Å². The number of halogens is 2. The number of nitrogens with one attached hydrogen (secondary N) is 2. The molecule has 6 saturated carbocycles. The fourth-order valence-corrected chi connectivity index (χ4v) is 14.6. The molecule has 9 rings (SSSR count). The summed E-state index contributed by atoms with van der Waals surface area (Å²) in [6.07, 6.45) is 29.2. The molecule has 6 aliphatic carbocycles. The van der Waals surface area contributed by atoms with Crippen molar-refractivity contribution in [2.24, 2.45) is 33.5 Å². The van der Waals surface area contributed by atoms with Gasteiger partial charge in [-0.1, -0.05) is 107 Å². The molecule has 454 valence electrons. The summed E-state index contributed by atoms with van der Waals surface area (Å²) in [5.74, 6) is -1.94. The van der Waals surface area contributed by atoms with Gasteiger partial charge in [0.05, 0.1) is 47.0 Å². The molecule has 3 unspecified atom stereocenters. The van der Waals surface area contributed by atoms with E-state index in [1.807, 2.05) is 18.2 Å². The van der Waals surface area contributed by atoms with E-state index in [1.54, 1.807) is 0 Å². The van der Waals surface area contributed by atoms with Gasteiger partial charge in [-0.3, -0.25) is 24.0 Å². The zero-order valence-electron chi connectivity index (χ0n) is 48.9. The number of hydrogen-bond acceptors (Lipinski definition) is 16. The van der Waals surface area contributed by atoms with Gasteiger partial charge < -0.3 is 39.4 Å². The van der Waals surface area contributed by atoms with Crippen molar-refractivity contribution in [3.05, 3.63) is 47.0 Å². The number of carboxylic acid groups (broad SMARTS) is 1. The molecule has 3 spiro atoms. The minimum atomic E-state index is -1.14. The normalized spacial score (nSPS) is 24.5. The van der Waals surface area contributed by atoms with E-state index >= 15 is 0 Å². The number of esters is 5. The number of benzene rings is 1. The SMILES string of the molecule is COC(=O)C1(C(=O)OC)CC(Cc2ccccc2)CC12CCCCC2.COC(=O)C1(OC(C)=O)CNCC12CCCCC2.COOCC(C(=O)OC)=C1CCCCC1.Cl.Cl.O=C(O)C1CNCC12CCCCC2.O=C1CCCCC1. The molecular formula is C61H96Cl2N2O15. The summed E-state index contributed by atoms with van der Waals surface area (Å²) in [5.41, 5.74) is 0.261. The van der Waals surface area contributed by atoms with E-state index in [9.17, 15) is 33.6 Å². The van der Waals surface area contributed by atoms with Gasteiger partial charge in [-0.15, -0.1) is 24.8 Å². The maximum atomic E-state index is 12.9. The van der Waals surface area contributed by atoms with Gasteiger partial charge in [0, 0.05) is 51.4 Å². The Bertz CT molecular complexity index is 2120. The summed E-state index contributed by atoms with van der Waals surface area (Å²) in [5, 5.41) is 15.5. The number of carboxylic acids is 1. The summed E-state index contributed by atoms with van der Waals surface area (Å²) >= 11 is 0. The van der Waals surface area contributed by atoms with Crippen LogP contribution in [0.5, 0.6) is 0 Å². The lowest BCUT2D eigenvalue weighted by Gasteiger charge is -2.44. The molecule has 8 aliphatic rings. The van der Waals surface area contributed by atoms with Crippen LogP contribution in [0.4, 0.5) is 0 Å². The monoisotopic (exact) mass is 1170 g/mol. The van der Waals surface area contributed by atoms with Crippen molar-refractivity contribution < 1.29 is 72.1 Å². The fraction of sp³-hybridized carbons (Fsp3) is 0.754. The van der Waals surface area contributed by atoms with Gasteiger partial charge in [-0.2, -0.15) is 0 Å². The predicted molar refractivity (Wildman–Crippen MR) is 307 cm³/mol. The van der Waals surface area contributed by atoms with E-state index in [2.05, 4.69) is 27.7 Å². The fourth-order valence-electron chi connectivity index (χ4n) is 14.6. The van der Waals surface area contributed by atoms with Gasteiger partial charge in [0.15, 0.2) is 5.41 Å². The van der Waals surface area contributed by atoms with Gasteiger partial charge >= 0.3 is 35.8 Å². The largest absolute Gasteiger partial charge is 0.481 e. The minimum Gasteiger partial charge on any atom is -0.481 e. The van der Waals surface area contributed by atoms with E-state index in [0.717, 1.165) is 147 Å². The first-order valence-corrected chi connectivity index (χ1v) is 29.2. The van der Waals surface area contributed by atoms with E-state index in [1.165, 1.54) is 93.0 Å². The topological polar surface area (TPSA) is 228 Å². The molecular weight excluding hydrogens is 1070 g/mol. The number of ketones is 1. The Labute approximate surface area is 488 Å². The van der Waals surface area contributed by atoms with Crippen LogP contribution < -0.4 is 10.6 Å². The maximum absolute atomic E-state index is 12.9. The molecule has 2 aliphatic heterocycles. The second-order valence-electron chi connectivity index (χ2n) is 23.2. The zero-order chi connectivity index (χ0) is 56.7. The number of hydrogen-bond donors (Lipinski definition) is 3. The minimum absolute atomic E-state index is 0. The first kappa shape index (κ1) is 70.1. The van der Waals surface area contributed by atoms with Gasteiger partial charge in [-0.25, -0.2) is 19.4 Å². The van der Waals surface area contributed by atoms with Crippen molar-refractivity contribution in [2.45, 2.75) is 192 Å². The smallest absolute Gasteiger partial charge is 0.352 e. The highest BCUT2D eigenvalue weighted by Crippen LogP contribution is 2.63. The van der Waals surface area contributed by atoms with Crippen LogP contribution in [0.25, 0.3) is 0 Å². The molecule has 3 atom stereocenters. The van der Waals surface area contributed by atoms with E-state index in [-0.39, 0.29) is 59.6 Å². The number of carbonyl (C=O) groups is 7. The van der Waals surface area contributed by atoms with Crippen LogP contribution in [0.3, 0.4) is 0 Å². The van der Waals surface area contributed by atoms with Crippen LogP contribution >= 0.6 is 24.8 Å². The van der Waals surface area contributed by atoms with Gasteiger partial charge in [-0.05, 0) is 119 Å². The highest BCUT2D eigenvalue weighted by atomic mass is 35.5. The number of allylic oxidation sites excluding steroid dienone is 1. The third kappa shape index (κ3) is 17.5. The molecule has 80 heavy (non-hydrogen) atoms. The molecule has 1 aromatic carbocycles. The molecule has 0 amide bonds. The van der Waals surface area contributed by atoms with Crippen molar-refractivity contribution in [3.8, 4) is 0 Å². The van der Waals surface area contributed by atoms with E-state index < -0.39 is 40.9 Å². The third-order valence-corrected chi connectivity index (χ3v) is 18.5. The number of aliphatic carboxylic acids is 1. The predicted octanol–water partition coefficient (Wildman–Crippen LogP) is 10.5. The number of ether oxygens (including phenoxy) is 5. The summed E-state index contributed by atoms with van der Waals surface area (Å²) in [7, 11) is 6.93. The average molecular weight is 1170 g/mol. The van der Waals surface area contributed by atoms with Crippen molar-refractivity contribution >= 4 is 66.4 Å². The molecule has 2 saturated heterocycles. The number of methoxy groups -OCH3 is 4. The molecule has 19 heteroatoms. The summed E-state index contributed by atoms with van der Waals surface area (Å²) in [6, 6.07) is 10.3. The quantitative estimate of drug-likeness (QED) is 0.0467. The van der Waals surface area contributed by atoms with Crippen LogP contribution in [-0.4, -0.2) is 121 Å². The van der Waals surface area contributed by atoms with Crippen LogP contribution in [0.1, 0.15) is 186 Å². The molecule has 1 aromatic rings. The molecule has 3 N–H and O–H groups in total. The van der Waals surface area contributed by atoms with Crippen LogP contribution in [-0.2, 0) is 73.4 Å². The molecule has 8 fully saturated rings. The molecule has 0 aromatic heterocycles. The lowest BCUT2D eigenvalue weighted by atomic mass is 9.58. The highest BCUT2D eigenvalue weighted by Gasteiger charge is 2.68. The molecule has 2 heterocycles. The van der Waals surface area contributed by atoms with Crippen molar-refractivity contribution in [1.82, 2.24) is 10.6 Å². The van der Waals surface area contributed by atoms with Gasteiger partial charge in [0.25, 0.3) is 0 Å². The lowest BCUT2D eigenvalue weighted by molar-refractivity contribution is -0.265. The zero-order valence-corrected chi connectivity index (χ0v) is 50.5. The van der Waals surface area contributed by atoms with Crippen molar-refractivity contribution in [3.63, 3.8) is 0 Å². The van der Waals surface area contributed by atoms with Crippen LogP contribution in [0.2, 0.25) is 0 Å². The molecule has 0 bridgehead atoms. The average Bonchev–Trinajstić information content (AvgIpc) is 4.22. The standard InChI is InChI=1S/C21H28O4.C13H21NO4.C11H18O4.C10H17NO2.C6H10O.2ClH/c1-24-18(22)21(19(23)25-2)15-17(13-16-9-5-3-6-10-16)14-20(21)11-7-4-8-12-20;1-10(15)18-13(11(16)17-2)9-14-8-12(13)6-4-3-5-7-12;1-13-11(12)10(8-15-14-2)9-6-4-3-5-7-9;12-9(13)8-6-11-7-10(8)4-2-1-3-5-10;7-6-4-2-1-3-5-6;;/h3,5-6,9-10,17H,4,7-8,11-15H2,1-2H3;14H,3-9H2,1-2H3;3-8H2,1-2H3;8,11H,1-7H2,(H,12,13);1-5H2;2*1H. The molecule has 17 nitrogen and oxygen atoms in total. The van der Waals surface area contributed by atoms with Crippen LogP contribution in [0.15, 0.2) is 41.5 Å². The first-order valence-electron chi connectivity index (χ1n) is 29.2. The summed E-state index contributed by atoms with van der Waals surface area (Å²) < 4.78 is 25.4. The Morgan fingerprint density at radius 1 is 0.588 bits per heavy atom. The van der Waals surface area contributed by atoms with Crippen molar-refractivity contribution in [1.29, 1.82) is 0 Å². The Morgan fingerprint density at radius 2 is 1.10 bits per heavy atom. The Hall–Kier alpha value is -4.13. The molecule has 0 radical (unpaired) electrons. The van der Waals surface area contributed by atoms with E-state index in [0.29, 0.717) is 36.8 Å². The van der Waals surface area contributed by atoms with Gasteiger partial charge in [0.1, 0.15) is 12.4 Å². The van der Waals surface area contributed by atoms with Gasteiger partial charge in [0.2, 0.25) is 5.60 Å². The van der Waals surface area contributed by atoms with Crippen molar-refractivity contribution in [2.75, 3.05) is 68.3 Å². The second-order valence-corrected chi connectivity index (χ2v) is 23.2. The maximum Gasteiger partial charge on any atom is 0.352 e. The summed E-state index contributed by atoms with van der Waals surface area (Å²) in [6.45, 7) is 4.20. The lowest BCUT2D eigenvalue weighted by Crippen LogP contribution is -2.57. The number of rotatable bonds is 11. The third-order valence-electron chi connectivity index (χ3n) is 18.5.